The van der Waals surface area contributed by atoms with Crippen LogP contribution in [0.25, 0.3) is 0 Å². The molecular weight excluding hydrogens is 278 g/mol. The van der Waals surface area contributed by atoms with Gasteiger partial charge in [-0.1, -0.05) is 6.08 Å². The van der Waals surface area contributed by atoms with Crippen molar-refractivity contribution in [3.05, 3.63) is 24.0 Å². The molecule has 4 N–H and O–H groups in total. The summed E-state index contributed by atoms with van der Waals surface area (Å²) in [5.41, 5.74) is 1.41. The first kappa shape index (κ1) is 16.9. The number of aliphatic hydroxyl groups is 1. The molecule has 1 fully saturated rings. The van der Waals surface area contributed by atoms with Crippen LogP contribution in [0.15, 0.2) is 24.0 Å². The van der Waals surface area contributed by atoms with Crippen molar-refractivity contribution in [3.63, 3.8) is 0 Å². The third-order valence-corrected chi connectivity index (χ3v) is 4.28. The molecule has 0 radical (unpaired) electrons. The molecule has 2 aliphatic carbocycles. The van der Waals surface area contributed by atoms with Crippen LogP contribution >= 0.6 is 0 Å². The van der Waals surface area contributed by atoms with E-state index in [9.17, 15) is 0 Å². The van der Waals surface area contributed by atoms with Gasteiger partial charge in [0.2, 0.25) is 0 Å². The summed E-state index contributed by atoms with van der Waals surface area (Å²) in [6.45, 7) is 1.55. The lowest BCUT2D eigenvalue weighted by Gasteiger charge is -2.30. The second-order valence-electron chi connectivity index (χ2n) is 6.13. The predicted octanol–water partition coefficient (Wildman–Crippen LogP) is 2.62. The average Bonchev–Trinajstić information content (AvgIpc) is 2.50. The summed E-state index contributed by atoms with van der Waals surface area (Å²) < 4.78 is 5.74. The molecular formula is C17H27N3O2. The maximum Gasteiger partial charge on any atom is 0.115 e. The fourth-order valence-electron chi connectivity index (χ4n) is 3.10. The van der Waals surface area contributed by atoms with Gasteiger partial charge in [0.05, 0.1) is 13.3 Å². The summed E-state index contributed by atoms with van der Waals surface area (Å²) >= 11 is 0. The van der Waals surface area contributed by atoms with Crippen molar-refractivity contribution in [1.29, 1.82) is 10.8 Å². The molecule has 1 atom stereocenters. The maximum atomic E-state index is 8.60. The Balaban J connectivity index is 1.68. The number of rotatable bonds is 8. The van der Waals surface area contributed by atoms with Crippen LogP contribution < -0.4 is 5.32 Å². The highest BCUT2D eigenvalue weighted by Crippen LogP contribution is 2.32. The fraction of sp³-hybridized carbons (Fsp3) is 0.647. The van der Waals surface area contributed by atoms with Crippen LogP contribution in [0.3, 0.4) is 0 Å². The summed E-state index contributed by atoms with van der Waals surface area (Å²) in [5.74, 6) is 1.78. The summed E-state index contributed by atoms with van der Waals surface area (Å²) in [4.78, 5) is 0. The molecule has 5 nitrogen and oxygen atoms in total. The van der Waals surface area contributed by atoms with Gasteiger partial charge in [-0.3, -0.25) is 5.32 Å². The van der Waals surface area contributed by atoms with Gasteiger partial charge in [-0.25, -0.2) is 0 Å². The molecule has 122 valence electrons. The molecule has 22 heavy (non-hydrogen) atoms. The number of unbranched alkanes of at least 4 members (excludes halogenated alkanes) is 1. The first-order valence-corrected chi connectivity index (χ1v) is 8.14. The van der Waals surface area contributed by atoms with Crippen LogP contribution in [-0.2, 0) is 4.74 Å². The molecule has 2 rings (SSSR count). The fourth-order valence-corrected chi connectivity index (χ4v) is 3.10. The van der Waals surface area contributed by atoms with Gasteiger partial charge < -0.3 is 20.7 Å². The Kier molecular flexibility index (Phi) is 6.80. The maximum absolute atomic E-state index is 8.60. The van der Waals surface area contributed by atoms with Gasteiger partial charge in [-0.05, 0) is 62.6 Å². The second kappa shape index (κ2) is 8.86. The smallest absolute Gasteiger partial charge is 0.115 e. The molecule has 1 unspecified atom stereocenters. The lowest BCUT2D eigenvalue weighted by Crippen LogP contribution is -2.27. The molecule has 0 aromatic carbocycles. The highest BCUT2D eigenvalue weighted by atomic mass is 16.5. The van der Waals surface area contributed by atoms with Crippen molar-refractivity contribution in [1.82, 2.24) is 5.32 Å². The molecule has 5 heteroatoms. The molecule has 0 amide bonds. The highest BCUT2D eigenvalue weighted by molar-refractivity contribution is 6.04. The van der Waals surface area contributed by atoms with Crippen molar-refractivity contribution in [3.8, 4) is 0 Å². The predicted molar refractivity (Wildman–Crippen MR) is 88.4 cm³/mol. The van der Waals surface area contributed by atoms with Crippen LogP contribution in [0.5, 0.6) is 0 Å². The van der Waals surface area contributed by atoms with E-state index in [-0.39, 0.29) is 6.73 Å². The molecule has 2 aliphatic rings. The van der Waals surface area contributed by atoms with Gasteiger partial charge >= 0.3 is 0 Å². The molecule has 0 bridgehead atoms. The monoisotopic (exact) mass is 305 g/mol. The summed E-state index contributed by atoms with van der Waals surface area (Å²) in [6, 6.07) is 0. The number of aliphatic hydroxyl groups excluding tert-OH is 1. The summed E-state index contributed by atoms with van der Waals surface area (Å²) in [5, 5.41) is 27.2. The van der Waals surface area contributed by atoms with Crippen LogP contribution in [0, 0.1) is 22.7 Å². The van der Waals surface area contributed by atoms with Crippen LogP contribution in [0.4, 0.5) is 0 Å². The molecule has 0 saturated heterocycles. The Morgan fingerprint density at radius 1 is 1.23 bits per heavy atom. The van der Waals surface area contributed by atoms with Gasteiger partial charge in [0, 0.05) is 17.8 Å². The SMILES string of the molecule is N=C1CC(=N)CC(C2C=CC(OCCCCNCO)=CC2)C1. The average molecular weight is 305 g/mol. The van der Waals surface area contributed by atoms with Gasteiger partial charge in [0.25, 0.3) is 0 Å². The van der Waals surface area contributed by atoms with E-state index in [1.54, 1.807) is 0 Å². The largest absolute Gasteiger partial charge is 0.494 e. The van der Waals surface area contributed by atoms with E-state index >= 15 is 0 Å². The number of allylic oxidation sites excluding steroid dienone is 3. The van der Waals surface area contributed by atoms with Crippen LogP contribution in [0.2, 0.25) is 0 Å². The highest BCUT2D eigenvalue weighted by Gasteiger charge is 2.27. The molecule has 0 aromatic heterocycles. The van der Waals surface area contributed by atoms with Crippen molar-refractivity contribution in [2.45, 2.75) is 38.5 Å². The standard InChI is InChI=1S/C17H27N3O2/c18-15-9-14(10-16(19)11-15)13-3-5-17(6-4-13)22-8-2-1-7-20-12-21/h3,5-6,13-14,18-21H,1-2,4,7-12H2. The van der Waals surface area contributed by atoms with E-state index in [0.29, 0.717) is 36.3 Å². The minimum absolute atomic E-state index is 0.0340. The van der Waals surface area contributed by atoms with Gasteiger partial charge in [-0.2, -0.15) is 0 Å². The minimum Gasteiger partial charge on any atom is -0.494 e. The zero-order chi connectivity index (χ0) is 15.8. The number of hydrogen-bond donors (Lipinski definition) is 4. The lowest BCUT2D eigenvalue weighted by molar-refractivity contribution is 0.209. The molecule has 0 aliphatic heterocycles. The van der Waals surface area contributed by atoms with Gasteiger partial charge in [0.1, 0.15) is 5.76 Å². The first-order valence-electron chi connectivity index (χ1n) is 8.14. The zero-order valence-corrected chi connectivity index (χ0v) is 13.1. The Labute approximate surface area is 132 Å². The quantitative estimate of drug-likeness (QED) is 0.410. The van der Waals surface area contributed by atoms with E-state index < -0.39 is 0 Å². The molecule has 1 saturated carbocycles. The van der Waals surface area contributed by atoms with E-state index in [0.717, 1.165) is 44.4 Å². The van der Waals surface area contributed by atoms with Crippen molar-refractivity contribution in [2.24, 2.45) is 11.8 Å². The molecule has 0 heterocycles. The Hall–Kier alpha value is -1.46. The Morgan fingerprint density at radius 2 is 2.00 bits per heavy atom. The lowest BCUT2D eigenvalue weighted by atomic mass is 9.76. The molecule has 0 aromatic rings. The number of hydrogen-bond acceptors (Lipinski definition) is 5. The van der Waals surface area contributed by atoms with Crippen molar-refractivity contribution >= 4 is 11.4 Å². The normalized spacial score (nSPS) is 25.2. The Morgan fingerprint density at radius 3 is 2.64 bits per heavy atom. The topological polar surface area (TPSA) is 89.2 Å². The minimum atomic E-state index is 0.0340. The number of nitrogens with one attached hydrogen (secondary N) is 3. The van der Waals surface area contributed by atoms with Gasteiger partial charge in [-0.15, -0.1) is 0 Å². The van der Waals surface area contributed by atoms with E-state index in [2.05, 4.69) is 17.5 Å². The Bertz CT molecular complexity index is 441. The van der Waals surface area contributed by atoms with Gasteiger partial charge in [0.15, 0.2) is 0 Å². The number of ether oxygens (including phenoxy) is 1. The van der Waals surface area contributed by atoms with Crippen LogP contribution in [-0.4, -0.2) is 36.4 Å². The third-order valence-electron chi connectivity index (χ3n) is 4.28. The summed E-state index contributed by atoms with van der Waals surface area (Å²) in [7, 11) is 0. The summed E-state index contributed by atoms with van der Waals surface area (Å²) in [6.07, 6.45) is 11.5. The zero-order valence-electron chi connectivity index (χ0n) is 13.1. The molecule has 0 spiro atoms. The second-order valence-corrected chi connectivity index (χ2v) is 6.13. The van der Waals surface area contributed by atoms with E-state index in [1.165, 1.54) is 0 Å². The van der Waals surface area contributed by atoms with E-state index in [4.69, 9.17) is 20.7 Å². The van der Waals surface area contributed by atoms with Crippen molar-refractivity contribution in [2.75, 3.05) is 19.9 Å². The first-order chi connectivity index (χ1) is 10.7. The van der Waals surface area contributed by atoms with Crippen LogP contribution in [0.1, 0.15) is 38.5 Å². The third kappa shape index (κ3) is 5.39. The van der Waals surface area contributed by atoms with E-state index in [1.807, 2.05) is 6.08 Å². The van der Waals surface area contributed by atoms with Crippen molar-refractivity contribution < 1.29 is 9.84 Å².